The van der Waals surface area contributed by atoms with E-state index in [0.29, 0.717) is 5.56 Å². The fourth-order valence-corrected chi connectivity index (χ4v) is 2.69. The second kappa shape index (κ2) is 5.05. The number of benzene rings is 2. The molecule has 21 heavy (non-hydrogen) atoms. The zero-order valence-electron chi connectivity index (χ0n) is 12.8. The molecule has 1 aliphatic heterocycles. The van der Waals surface area contributed by atoms with E-state index in [9.17, 15) is 5.26 Å². The van der Waals surface area contributed by atoms with Crippen LogP contribution in [0.25, 0.3) is 10.8 Å². The fourth-order valence-electron chi connectivity index (χ4n) is 2.69. The zero-order chi connectivity index (χ0) is 15.0. The van der Waals surface area contributed by atoms with Gasteiger partial charge in [0.25, 0.3) is 0 Å². The molecule has 0 aromatic heterocycles. The molecular formula is C18H20N2O. The first-order chi connectivity index (χ1) is 9.99. The minimum atomic E-state index is 0.169. The normalized spacial score (nSPS) is 16.5. The molecule has 0 bridgehead atoms. The van der Waals surface area contributed by atoms with Gasteiger partial charge < -0.3 is 4.74 Å². The van der Waals surface area contributed by atoms with Gasteiger partial charge in [-0.1, -0.05) is 30.3 Å². The lowest BCUT2D eigenvalue weighted by molar-refractivity contribution is -0.0344. The van der Waals surface area contributed by atoms with Crippen molar-refractivity contribution >= 4 is 10.8 Å². The summed E-state index contributed by atoms with van der Waals surface area (Å²) in [6, 6.07) is 14.1. The van der Waals surface area contributed by atoms with E-state index < -0.39 is 0 Å². The van der Waals surface area contributed by atoms with Crippen LogP contribution >= 0.6 is 0 Å². The third-order valence-electron chi connectivity index (χ3n) is 4.08. The van der Waals surface area contributed by atoms with Crippen molar-refractivity contribution in [3.63, 3.8) is 0 Å². The number of rotatable bonds is 2. The van der Waals surface area contributed by atoms with E-state index in [1.165, 1.54) is 0 Å². The third-order valence-corrected chi connectivity index (χ3v) is 4.08. The molecule has 0 spiro atoms. The van der Waals surface area contributed by atoms with Gasteiger partial charge in [-0.2, -0.15) is 5.26 Å². The van der Waals surface area contributed by atoms with Crippen LogP contribution < -0.4 is 4.74 Å². The smallest absolute Gasteiger partial charge is 0.145 e. The Morgan fingerprint density at radius 1 is 1.14 bits per heavy atom. The van der Waals surface area contributed by atoms with Crippen molar-refractivity contribution in [1.82, 2.24) is 4.90 Å². The second-order valence-electron chi connectivity index (χ2n) is 6.59. The summed E-state index contributed by atoms with van der Waals surface area (Å²) in [5, 5.41) is 11.5. The van der Waals surface area contributed by atoms with Crippen LogP contribution in [0.15, 0.2) is 36.4 Å². The van der Waals surface area contributed by atoms with Crippen LogP contribution in [-0.2, 0) is 0 Å². The van der Waals surface area contributed by atoms with Gasteiger partial charge in [0.2, 0.25) is 0 Å². The molecule has 0 aliphatic carbocycles. The predicted octanol–water partition coefficient (Wildman–Crippen LogP) is 3.57. The van der Waals surface area contributed by atoms with E-state index in [2.05, 4.69) is 31.7 Å². The molecule has 3 heteroatoms. The average molecular weight is 280 g/mol. The molecule has 1 saturated heterocycles. The van der Waals surface area contributed by atoms with Crippen molar-refractivity contribution in [3.05, 3.63) is 42.0 Å². The highest BCUT2D eigenvalue weighted by Gasteiger charge is 2.36. The number of hydrogen-bond acceptors (Lipinski definition) is 3. The van der Waals surface area contributed by atoms with Crippen LogP contribution in [0.1, 0.15) is 26.3 Å². The van der Waals surface area contributed by atoms with E-state index in [-0.39, 0.29) is 11.6 Å². The standard InChI is InChI=1S/C18H20N2O/c1-18(2,3)20-11-15(12-20)21-17-14(10-19)9-8-13-6-4-5-7-16(13)17/h4-9,15H,11-12H2,1-3H3. The molecule has 3 nitrogen and oxygen atoms in total. The maximum Gasteiger partial charge on any atom is 0.145 e. The molecule has 1 aliphatic rings. The highest BCUT2D eigenvalue weighted by molar-refractivity contribution is 5.90. The predicted molar refractivity (Wildman–Crippen MR) is 84.4 cm³/mol. The van der Waals surface area contributed by atoms with Gasteiger partial charge in [0.05, 0.1) is 5.56 Å². The van der Waals surface area contributed by atoms with Crippen molar-refractivity contribution < 1.29 is 4.74 Å². The van der Waals surface area contributed by atoms with E-state index >= 15 is 0 Å². The third kappa shape index (κ3) is 2.59. The fraction of sp³-hybridized carbons (Fsp3) is 0.389. The summed E-state index contributed by atoms with van der Waals surface area (Å²) < 4.78 is 6.15. The summed E-state index contributed by atoms with van der Waals surface area (Å²) in [7, 11) is 0. The van der Waals surface area contributed by atoms with Crippen molar-refractivity contribution in [2.75, 3.05) is 13.1 Å². The Hall–Kier alpha value is -2.05. The lowest BCUT2D eigenvalue weighted by atomic mass is 9.99. The minimum Gasteiger partial charge on any atom is -0.486 e. The molecule has 1 fully saturated rings. The Balaban J connectivity index is 1.86. The SMILES string of the molecule is CC(C)(C)N1CC(Oc2c(C#N)ccc3ccccc23)C1. The number of nitrogens with zero attached hydrogens (tertiary/aromatic N) is 2. The molecule has 108 valence electrons. The van der Waals surface area contributed by atoms with Crippen LogP contribution in [-0.4, -0.2) is 29.6 Å². The van der Waals surface area contributed by atoms with Crippen molar-refractivity contribution in [3.8, 4) is 11.8 Å². The van der Waals surface area contributed by atoms with Gasteiger partial charge >= 0.3 is 0 Å². The Labute approximate surface area is 125 Å². The number of ether oxygens (including phenoxy) is 1. The van der Waals surface area contributed by atoms with Crippen LogP contribution in [0, 0.1) is 11.3 Å². The molecule has 0 unspecified atom stereocenters. The van der Waals surface area contributed by atoms with E-state index in [0.717, 1.165) is 29.6 Å². The molecular weight excluding hydrogens is 260 g/mol. The first kappa shape index (κ1) is 13.9. The van der Waals surface area contributed by atoms with Crippen LogP contribution in [0.3, 0.4) is 0 Å². The van der Waals surface area contributed by atoms with Gasteiger partial charge in [-0.3, -0.25) is 4.90 Å². The first-order valence-corrected chi connectivity index (χ1v) is 7.32. The monoisotopic (exact) mass is 280 g/mol. The number of nitriles is 1. The Morgan fingerprint density at radius 3 is 2.52 bits per heavy atom. The highest BCUT2D eigenvalue weighted by Crippen LogP contribution is 2.32. The molecule has 2 aromatic rings. The Kier molecular flexibility index (Phi) is 3.35. The molecule has 0 saturated carbocycles. The largest absolute Gasteiger partial charge is 0.486 e. The van der Waals surface area contributed by atoms with E-state index in [1.54, 1.807) is 0 Å². The lowest BCUT2D eigenvalue weighted by Crippen LogP contribution is -2.60. The van der Waals surface area contributed by atoms with Gasteiger partial charge in [0.1, 0.15) is 17.9 Å². The number of likely N-dealkylation sites (tertiary alicyclic amines) is 1. The second-order valence-corrected chi connectivity index (χ2v) is 6.59. The summed E-state index contributed by atoms with van der Waals surface area (Å²) in [6.45, 7) is 8.46. The van der Waals surface area contributed by atoms with Crippen molar-refractivity contribution in [2.24, 2.45) is 0 Å². The summed E-state index contributed by atoms with van der Waals surface area (Å²) in [5.74, 6) is 0.731. The summed E-state index contributed by atoms with van der Waals surface area (Å²) >= 11 is 0. The maximum absolute atomic E-state index is 9.32. The van der Waals surface area contributed by atoms with Gasteiger partial charge in [-0.25, -0.2) is 0 Å². The van der Waals surface area contributed by atoms with Gasteiger partial charge in [-0.05, 0) is 32.2 Å². The lowest BCUT2D eigenvalue weighted by Gasteiger charge is -2.47. The van der Waals surface area contributed by atoms with E-state index in [1.807, 2.05) is 36.4 Å². The zero-order valence-corrected chi connectivity index (χ0v) is 12.8. The highest BCUT2D eigenvalue weighted by atomic mass is 16.5. The Morgan fingerprint density at radius 2 is 1.86 bits per heavy atom. The first-order valence-electron chi connectivity index (χ1n) is 7.32. The van der Waals surface area contributed by atoms with Crippen LogP contribution in [0.2, 0.25) is 0 Å². The quantitative estimate of drug-likeness (QED) is 0.843. The van der Waals surface area contributed by atoms with Gasteiger partial charge in [-0.15, -0.1) is 0 Å². The van der Waals surface area contributed by atoms with Gasteiger partial charge in [0.15, 0.2) is 0 Å². The molecule has 0 radical (unpaired) electrons. The molecule has 1 heterocycles. The summed E-state index contributed by atoms with van der Waals surface area (Å²) in [6.07, 6.45) is 0.169. The van der Waals surface area contributed by atoms with Crippen LogP contribution in [0.5, 0.6) is 5.75 Å². The number of hydrogen-bond donors (Lipinski definition) is 0. The maximum atomic E-state index is 9.32. The topological polar surface area (TPSA) is 36.3 Å². The summed E-state index contributed by atoms with van der Waals surface area (Å²) in [5.41, 5.74) is 0.791. The van der Waals surface area contributed by atoms with Crippen molar-refractivity contribution in [1.29, 1.82) is 5.26 Å². The molecule has 2 aromatic carbocycles. The molecule has 0 N–H and O–H groups in total. The van der Waals surface area contributed by atoms with Crippen molar-refractivity contribution in [2.45, 2.75) is 32.4 Å². The minimum absolute atomic E-state index is 0.169. The van der Waals surface area contributed by atoms with Gasteiger partial charge in [0, 0.05) is 24.0 Å². The number of fused-ring (bicyclic) bond motifs is 1. The van der Waals surface area contributed by atoms with Crippen LogP contribution in [0.4, 0.5) is 0 Å². The molecule has 0 amide bonds. The molecule has 3 rings (SSSR count). The average Bonchev–Trinajstić information content (AvgIpc) is 2.40. The Bertz CT molecular complexity index is 703. The molecule has 0 atom stereocenters. The van der Waals surface area contributed by atoms with E-state index in [4.69, 9.17) is 4.74 Å². The summed E-state index contributed by atoms with van der Waals surface area (Å²) in [4.78, 5) is 2.38.